The highest BCUT2D eigenvalue weighted by molar-refractivity contribution is 8.01. The molecule has 2 heterocycles. The zero-order valence-electron chi connectivity index (χ0n) is 17.1. The molecular weight excluding hydrogens is 476 g/mol. The number of aromatic nitrogens is 2. The van der Waals surface area contributed by atoms with Gasteiger partial charge in [-0.2, -0.15) is 0 Å². The summed E-state index contributed by atoms with van der Waals surface area (Å²) in [5, 5.41) is 13.6. The number of piperidine rings is 1. The fourth-order valence-corrected chi connectivity index (χ4v) is 5.45. The van der Waals surface area contributed by atoms with Crippen LogP contribution in [-0.2, 0) is 19.6 Å². The third-order valence-electron chi connectivity index (χ3n) is 4.71. The van der Waals surface area contributed by atoms with Crippen LogP contribution in [0.3, 0.4) is 0 Å². The molecule has 1 saturated heterocycles. The molecule has 2 aromatic rings. The summed E-state index contributed by atoms with van der Waals surface area (Å²) in [6, 6.07) is 6.22. The number of nitrogens with two attached hydrogens (primary N) is 1. The molecule has 1 aromatic heterocycles. The number of hydrogen-bond donors (Lipinski definition) is 3. The van der Waals surface area contributed by atoms with Gasteiger partial charge >= 0.3 is 0 Å². The van der Waals surface area contributed by atoms with E-state index < -0.39 is 15.9 Å². The van der Waals surface area contributed by atoms with Crippen LogP contribution in [0.15, 0.2) is 28.6 Å². The molecule has 1 aromatic carbocycles. The Labute approximate surface area is 193 Å². The van der Waals surface area contributed by atoms with E-state index in [1.165, 1.54) is 28.2 Å². The Bertz CT molecular complexity index is 1090. The number of anilines is 2. The van der Waals surface area contributed by atoms with Crippen molar-refractivity contribution in [3.63, 3.8) is 0 Å². The molecule has 0 saturated carbocycles. The number of nitrogens with one attached hydrogen (secondary N) is 2. The first-order chi connectivity index (χ1) is 15.1. The fourth-order valence-electron chi connectivity index (χ4n) is 3.02. The third-order valence-corrected chi connectivity index (χ3v) is 7.99. The van der Waals surface area contributed by atoms with Gasteiger partial charge in [-0.15, -0.1) is 10.2 Å². The Morgan fingerprint density at radius 3 is 2.41 bits per heavy atom. The van der Waals surface area contributed by atoms with E-state index in [1.54, 1.807) is 12.1 Å². The van der Waals surface area contributed by atoms with Crippen molar-refractivity contribution in [3.8, 4) is 0 Å². The maximum absolute atomic E-state index is 12.4. The van der Waals surface area contributed by atoms with Crippen molar-refractivity contribution in [2.24, 2.45) is 11.7 Å². The number of amides is 3. The minimum Gasteiger partial charge on any atom is -0.366 e. The Balaban J connectivity index is 1.44. The van der Waals surface area contributed by atoms with Crippen LogP contribution >= 0.6 is 23.1 Å². The van der Waals surface area contributed by atoms with E-state index in [2.05, 4.69) is 20.8 Å². The topological polar surface area (TPSA) is 164 Å². The highest BCUT2D eigenvalue weighted by Gasteiger charge is 2.29. The summed E-state index contributed by atoms with van der Waals surface area (Å²) in [5.41, 5.74) is 6.07. The number of carbonyl (C=O) groups is 3. The van der Waals surface area contributed by atoms with Crippen molar-refractivity contribution in [2.45, 2.75) is 17.2 Å². The zero-order valence-corrected chi connectivity index (χ0v) is 19.6. The van der Waals surface area contributed by atoms with Crippen molar-refractivity contribution in [2.75, 3.05) is 35.7 Å². The molecule has 1 fully saturated rings. The lowest BCUT2D eigenvalue weighted by Crippen LogP contribution is -2.40. The molecule has 3 amide bonds. The van der Waals surface area contributed by atoms with Crippen LogP contribution in [0.5, 0.6) is 0 Å². The number of thioether (sulfide) groups is 1. The molecule has 1 aliphatic heterocycles. The van der Waals surface area contributed by atoms with Gasteiger partial charge in [0.25, 0.3) is 0 Å². The largest absolute Gasteiger partial charge is 0.366 e. The predicted molar refractivity (Wildman–Crippen MR) is 122 cm³/mol. The van der Waals surface area contributed by atoms with E-state index in [0.717, 1.165) is 17.6 Å². The number of nitrogens with zero attached hydrogens (tertiary/aromatic N) is 3. The van der Waals surface area contributed by atoms with E-state index >= 15 is 0 Å². The van der Waals surface area contributed by atoms with Crippen LogP contribution in [0.1, 0.15) is 23.2 Å². The van der Waals surface area contributed by atoms with E-state index in [1.807, 2.05) is 0 Å². The minimum atomic E-state index is -3.24. The minimum absolute atomic E-state index is 0.0874. The van der Waals surface area contributed by atoms with Crippen molar-refractivity contribution in [1.82, 2.24) is 14.5 Å². The molecule has 0 unspecified atom stereocenters. The Morgan fingerprint density at radius 1 is 1.16 bits per heavy atom. The highest BCUT2D eigenvalue weighted by atomic mass is 32.2. The lowest BCUT2D eigenvalue weighted by molar-refractivity contribution is -0.121. The van der Waals surface area contributed by atoms with Crippen LogP contribution in [-0.4, -0.2) is 65.7 Å². The molecule has 32 heavy (non-hydrogen) atoms. The van der Waals surface area contributed by atoms with Crippen LogP contribution in [0.2, 0.25) is 0 Å². The number of carbonyl (C=O) groups excluding carboxylic acids is 3. The van der Waals surface area contributed by atoms with Gasteiger partial charge in [0, 0.05) is 30.3 Å². The molecule has 0 aliphatic carbocycles. The lowest BCUT2D eigenvalue weighted by Gasteiger charge is -2.29. The van der Waals surface area contributed by atoms with Crippen LogP contribution < -0.4 is 16.4 Å². The van der Waals surface area contributed by atoms with Gasteiger partial charge in [-0.3, -0.25) is 14.4 Å². The van der Waals surface area contributed by atoms with Crippen LogP contribution in [0, 0.1) is 5.92 Å². The number of sulfonamides is 1. The number of benzene rings is 1. The van der Waals surface area contributed by atoms with Gasteiger partial charge in [-0.25, -0.2) is 12.7 Å². The van der Waals surface area contributed by atoms with Crippen molar-refractivity contribution < 1.29 is 22.8 Å². The molecule has 14 heteroatoms. The van der Waals surface area contributed by atoms with Crippen molar-refractivity contribution in [3.05, 3.63) is 29.8 Å². The molecular formula is C18H22N6O5S3. The quantitative estimate of drug-likeness (QED) is 0.358. The number of hydrogen-bond acceptors (Lipinski definition) is 9. The first-order valence-corrected chi connectivity index (χ1v) is 13.2. The molecule has 4 N–H and O–H groups in total. The van der Waals surface area contributed by atoms with Gasteiger partial charge in [0.05, 0.1) is 12.0 Å². The molecule has 1 aliphatic rings. The van der Waals surface area contributed by atoms with Gasteiger partial charge in [0.1, 0.15) is 0 Å². The highest BCUT2D eigenvalue weighted by Crippen LogP contribution is 2.27. The number of rotatable bonds is 8. The zero-order chi connectivity index (χ0) is 23.3. The van der Waals surface area contributed by atoms with Crippen LogP contribution in [0.25, 0.3) is 0 Å². The van der Waals surface area contributed by atoms with E-state index in [4.69, 9.17) is 5.73 Å². The van der Waals surface area contributed by atoms with E-state index in [-0.39, 0.29) is 23.5 Å². The van der Waals surface area contributed by atoms with Gasteiger partial charge in [-0.1, -0.05) is 23.1 Å². The van der Waals surface area contributed by atoms with Crippen molar-refractivity contribution in [1.29, 1.82) is 0 Å². The van der Waals surface area contributed by atoms with Crippen LogP contribution in [0.4, 0.5) is 10.8 Å². The summed E-state index contributed by atoms with van der Waals surface area (Å²) >= 11 is 2.33. The second-order valence-corrected chi connectivity index (χ2v) is 11.3. The average Bonchev–Trinajstić information content (AvgIpc) is 3.19. The molecule has 172 valence electrons. The van der Waals surface area contributed by atoms with E-state index in [0.29, 0.717) is 46.7 Å². The molecule has 0 spiro atoms. The Kier molecular flexibility index (Phi) is 7.82. The molecule has 11 nitrogen and oxygen atoms in total. The summed E-state index contributed by atoms with van der Waals surface area (Å²) < 4.78 is 25.0. The van der Waals surface area contributed by atoms with Gasteiger partial charge in [0.15, 0.2) is 4.34 Å². The first kappa shape index (κ1) is 24.1. The molecule has 0 radical (unpaired) electrons. The molecule has 0 atom stereocenters. The van der Waals surface area contributed by atoms with Crippen molar-refractivity contribution >= 4 is 61.7 Å². The normalized spacial score (nSPS) is 15.3. The molecule has 0 bridgehead atoms. The van der Waals surface area contributed by atoms with E-state index in [9.17, 15) is 22.8 Å². The molecule has 3 rings (SSSR count). The monoisotopic (exact) mass is 498 g/mol. The summed E-state index contributed by atoms with van der Waals surface area (Å²) in [6.07, 6.45) is 2.05. The summed E-state index contributed by atoms with van der Waals surface area (Å²) in [5.74, 6) is -1.23. The second kappa shape index (κ2) is 10.4. The summed E-state index contributed by atoms with van der Waals surface area (Å²) in [7, 11) is -3.24. The number of primary amides is 1. The smallest absolute Gasteiger partial charge is 0.248 e. The maximum Gasteiger partial charge on any atom is 0.248 e. The Hall–Kier alpha value is -2.55. The first-order valence-electron chi connectivity index (χ1n) is 9.54. The average molecular weight is 499 g/mol. The van der Waals surface area contributed by atoms with Gasteiger partial charge < -0.3 is 16.4 Å². The summed E-state index contributed by atoms with van der Waals surface area (Å²) in [4.78, 5) is 35.6. The summed E-state index contributed by atoms with van der Waals surface area (Å²) in [6.45, 7) is 0.628. The Morgan fingerprint density at radius 2 is 1.81 bits per heavy atom. The SMILES string of the molecule is CS(=O)(=O)N1CCC(C(=O)Nc2nnc(SCC(=O)Nc3ccc(C(N)=O)cc3)s2)CC1. The van der Waals surface area contributed by atoms with Gasteiger partial charge in [-0.05, 0) is 37.1 Å². The third kappa shape index (κ3) is 6.72. The predicted octanol–water partition coefficient (Wildman–Crippen LogP) is 0.978. The second-order valence-electron chi connectivity index (χ2n) is 7.08. The fraction of sp³-hybridized carbons (Fsp3) is 0.389. The lowest BCUT2D eigenvalue weighted by atomic mass is 9.97. The van der Waals surface area contributed by atoms with Gasteiger partial charge in [0.2, 0.25) is 32.9 Å². The maximum atomic E-state index is 12.4. The standard InChI is InChI=1S/C18H22N6O5S3/c1-32(28,29)24-8-6-12(7-9-24)16(27)21-17-22-23-18(31-17)30-10-14(25)20-13-4-2-11(3-5-13)15(19)26/h2-5,12H,6-10H2,1H3,(H2,19,26)(H,20,25)(H,21,22,27).